The lowest BCUT2D eigenvalue weighted by molar-refractivity contribution is -0.137. The van der Waals surface area contributed by atoms with E-state index in [1.165, 1.54) is 25.1 Å². The van der Waals surface area contributed by atoms with Gasteiger partial charge in [-0.2, -0.15) is 13.2 Å². The number of carbonyl (C=O) groups excluding carboxylic acids is 2. The number of hydrogen-bond donors (Lipinski definition) is 2. The number of amides is 2. The minimum absolute atomic E-state index is 0.00262. The van der Waals surface area contributed by atoms with Gasteiger partial charge in [0, 0.05) is 11.6 Å². The minimum Gasteiger partial charge on any atom is -0.481 e. The van der Waals surface area contributed by atoms with Crippen LogP contribution in [0, 0.1) is 11.7 Å². The van der Waals surface area contributed by atoms with E-state index in [-0.39, 0.29) is 23.3 Å². The largest absolute Gasteiger partial charge is 0.481 e. The van der Waals surface area contributed by atoms with E-state index in [2.05, 4.69) is 10.6 Å². The highest BCUT2D eigenvalue weighted by Gasteiger charge is 2.35. The van der Waals surface area contributed by atoms with Crippen molar-refractivity contribution in [1.29, 1.82) is 0 Å². The molecule has 2 N–H and O–H groups in total. The number of halogens is 4. The molecule has 1 unspecified atom stereocenters. The Morgan fingerprint density at radius 1 is 1.07 bits per heavy atom. The average molecular weight is 410 g/mol. The summed E-state index contributed by atoms with van der Waals surface area (Å²) in [5.74, 6) is -1.58. The number of alkyl halides is 3. The van der Waals surface area contributed by atoms with Gasteiger partial charge < -0.3 is 15.4 Å². The molecule has 5 nitrogen and oxygen atoms in total. The molecule has 0 aliphatic heterocycles. The van der Waals surface area contributed by atoms with Crippen LogP contribution < -0.4 is 15.4 Å². The van der Waals surface area contributed by atoms with Crippen LogP contribution in [0.25, 0.3) is 0 Å². The summed E-state index contributed by atoms with van der Waals surface area (Å²) in [4.78, 5) is 24.1. The summed E-state index contributed by atoms with van der Waals surface area (Å²) in [6.45, 7) is 1.36. The second-order valence-corrected chi connectivity index (χ2v) is 6.72. The molecule has 0 heterocycles. The van der Waals surface area contributed by atoms with Gasteiger partial charge in [-0.1, -0.05) is 0 Å². The SMILES string of the molecule is CC(Oc1ccc(F)cc1)C(=O)Nc1ccc(NC(=O)C2CC2)cc1C(F)(F)F. The van der Waals surface area contributed by atoms with Crippen molar-refractivity contribution in [3.63, 3.8) is 0 Å². The third kappa shape index (κ3) is 5.46. The van der Waals surface area contributed by atoms with Crippen LogP contribution in [0.5, 0.6) is 5.75 Å². The standard InChI is InChI=1S/C20H18F4N2O3/c1-11(29-15-7-4-13(21)5-8-15)18(27)26-17-9-6-14(10-16(17)20(22,23)24)25-19(28)12-2-3-12/h4-12H,2-3H2,1H3,(H,25,28)(H,26,27). The number of benzene rings is 2. The highest BCUT2D eigenvalue weighted by atomic mass is 19.4. The molecule has 1 aliphatic rings. The number of rotatable bonds is 6. The average Bonchev–Trinajstić information content (AvgIpc) is 3.49. The van der Waals surface area contributed by atoms with E-state index in [9.17, 15) is 27.2 Å². The topological polar surface area (TPSA) is 67.4 Å². The summed E-state index contributed by atoms with van der Waals surface area (Å²) in [5.41, 5.74) is -1.54. The molecule has 3 rings (SSSR count). The van der Waals surface area contributed by atoms with Crippen LogP contribution in [0.2, 0.25) is 0 Å². The highest BCUT2D eigenvalue weighted by molar-refractivity contribution is 5.97. The Hall–Kier alpha value is -3.10. The van der Waals surface area contributed by atoms with Gasteiger partial charge in [-0.05, 0) is 62.2 Å². The minimum atomic E-state index is -4.75. The van der Waals surface area contributed by atoms with Gasteiger partial charge in [0.15, 0.2) is 6.10 Å². The summed E-state index contributed by atoms with van der Waals surface area (Å²) in [6.07, 6.45) is -4.43. The first-order valence-electron chi connectivity index (χ1n) is 8.88. The lowest BCUT2D eigenvalue weighted by Gasteiger charge is -2.18. The maximum Gasteiger partial charge on any atom is 0.418 e. The number of hydrogen-bond acceptors (Lipinski definition) is 3. The first-order chi connectivity index (χ1) is 13.6. The normalized spacial score (nSPS) is 14.8. The van der Waals surface area contributed by atoms with Crippen molar-refractivity contribution in [1.82, 2.24) is 0 Å². The Morgan fingerprint density at radius 3 is 2.31 bits per heavy atom. The predicted molar refractivity (Wildman–Crippen MR) is 97.9 cm³/mol. The van der Waals surface area contributed by atoms with Crippen LogP contribution in [0.4, 0.5) is 28.9 Å². The smallest absolute Gasteiger partial charge is 0.418 e. The third-order valence-corrected chi connectivity index (χ3v) is 4.29. The molecule has 0 spiro atoms. The number of anilines is 2. The molecule has 2 amide bonds. The van der Waals surface area contributed by atoms with Gasteiger partial charge in [0.25, 0.3) is 5.91 Å². The van der Waals surface area contributed by atoms with Gasteiger partial charge in [-0.15, -0.1) is 0 Å². The molecule has 154 valence electrons. The number of ether oxygens (including phenoxy) is 1. The summed E-state index contributed by atoms with van der Waals surface area (Å²) in [6, 6.07) is 8.02. The van der Waals surface area contributed by atoms with Gasteiger partial charge in [0.1, 0.15) is 11.6 Å². The number of nitrogens with one attached hydrogen (secondary N) is 2. The quantitative estimate of drug-likeness (QED) is 0.684. The molecule has 1 aliphatic carbocycles. The van der Waals surface area contributed by atoms with E-state index >= 15 is 0 Å². The maximum atomic E-state index is 13.4. The second-order valence-electron chi connectivity index (χ2n) is 6.72. The van der Waals surface area contributed by atoms with Crippen LogP contribution in [0.1, 0.15) is 25.3 Å². The molecular formula is C20H18F4N2O3. The molecule has 2 aromatic rings. The fourth-order valence-electron chi connectivity index (χ4n) is 2.56. The lowest BCUT2D eigenvalue weighted by atomic mass is 10.1. The molecule has 0 saturated heterocycles. The molecule has 2 aromatic carbocycles. The van der Waals surface area contributed by atoms with E-state index in [1.54, 1.807) is 0 Å². The van der Waals surface area contributed by atoms with Crippen molar-refractivity contribution in [2.45, 2.75) is 32.0 Å². The highest BCUT2D eigenvalue weighted by Crippen LogP contribution is 2.37. The first kappa shape index (κ1) is 20.6. The molecule has 0 aromatic heterocycles. The zero-order valence-electron chi connectivity index (χ0n) is 15.3. The Balaban J connectivity index is 1.73. The predicted octanol–water partition coefficient (Wildman–Crippen LogP) is 4.60. The van der Waals surface area contributed by atoms with Gasteiger partial charge in [-0.25, -0.2) is 4.39 Å². The van der Waals surface area contributed by atoms with Crippen molar-refractivity contribution in [3.8, 4) is 5.75 Å². The maximum absolute atomic E-state index is 13.4. The number of carbonyl (C=O) groups is 2. The zero-order chi connectivity index (χ0) is 21.2. The molecule has 9 heteroatoms. The van der Waals surface area contributed by atoms with Crippen LogP contribution in [0.15, 0.2) is 42.5 Å². The van der Waals surface area contributed by atoms with Crippen molar-refractivity contribution in [2.24, 2.45) is 5.92 Å². The van der Waals surface area contributed by atoms with Crippen LogP contribution in [-0.2, 0) is 15.8 Å². The van der Waals surface area contributed by atoms with E-state index < -0.39 is 35.3 Å². The van der Waals surface area contributed by atoms with Crippen molar-refractivity contribution in [3.05, 3.63) is 53.8 Å². The summed E-state index contributed by atoms with van der Waals surface area (Å²) >= 11 is 0. The molecule has 0 bridgehead atoms. The fourth-order valence-corrected chi connectivity index (χ4v) is 2.56. The second kappa shape index (κ2) is 8.10. The monoisotopic (exact) mass is 410 g/mol. The Morgan fingerprint density at radius 2 is 1.72 bits per heavy atom. The third-order valence-electron chi connectivity index (χ3n) is 4.29. The Kier molecular flexibility index (Phi) is 5.76. The van der Waals surface area contributed by atoms with E-state index in [4.69, 9.17) is 4.74 Å². The Bertz CT molecular complexity index is 909. The summed E-state index contributed by atoms with van der Waals surface area (Å²) in [5, 5.41) is 4.64. The Labute approximate surface area is 164 Å². The van der Waals surface area contributed by atoms with Crippen LogP contribution >= 0.6 is 0 Å². The van der Waals surface area contributed by atoms with Crippen LogP contribution in [0.3, 0.4) is 0 Å². The van der Waals surface area contributed by atoms with E-state index in [0.717, 1.165) is 37.1 Å². The van der Waals surface area contributed by atoms with Gasteiger partial charge in [-0.3, -0.25) is 9.59 Å². The molecule has 1 saturated carbocycles. The van der Waals surface area contributed by atoms with E-state index in [0.29, 0.717) is 0 Å². The van der Waals surface area contributed by atoms with Gasteiger partial charge >= 0.3 is 6.18 Å². The molecule has 1 atom stereocenters. The first-order valence-corrected chi connectivity index (χ1v) is 8.88. The van der Waals surface area contributed by atoms with Crippen molar-refractivity contribution >= 4 is 23.2 Å². The summed E-state index contributed by atoms with van der Waals surface area (Å²) < 4.78 is 58.6. The van der Waals surface area contributed by atoms with Crippen molar-refractivity contribution < 1.29 is 31.9 Å². The molecule has 1 fully saturated rings. The van der Waals surface area contributed by atoms with Crippen LogP contribution in [-0.4, -0.2) is 17.9 Å². The van der Waals surface area contributed by atoms with Gasteiger partial charge in [0.2, 0.25) is 5.91 Å². The zero-order valence-corrected chi connectivity index (χ0v) is 15.3. The molecule has 0 radical (unpaired) electrons. The molecular weight excluding hydrogens is 392 g/mol. The molecule has 29 heavy (non-hydrogen) atoms. The lowest BCUT2D eigenvalue weighted by Crippen LogP contribution is -2.31. The summed E-state index contributed by atoms with van der Waals surface area (Å²) in [7, 11) is 0. The fraction of sp³-hybridized carbons (Fsp3) is 0.300. The van der Waals surface area contributed by atoms with E-state index in [1.807, 2.05) is 0 Å². The van der Waals surface area contributed by atoms with Gasteiger partial charge in [0.05, 0.1) is 11.3 Å². The van der Waals surface area contributed by atoms with Crippen molar-refractivity contribution in [2.75, 3.05) is 10.6 Å².